The molecule has 0 radical (unpaired) electrons. The second-order valence-corrected chi connectivity index (χ2v) is 15.1. The molecule has 0 bridgehead atoms. The highest BCUT2D eigenvalue weighted by Gasteiger charge is 2.40. The molecule has 4 heteroatoms. The largest absolute Gasteiger partial charge is 0.264 e. The molecule has 1 aliphatic rings. The third-order valence-corrected chi connectivity index (χ3v) is 11.8. The van der Waals surface area contributed by atoms with Gasteiger partial charge in [-0.2, -0.15) is 0 Å². The van der Waals surface area contributed by atoms with Crippen molar-refractivity contribution in [3.8, 4) is 67.3 Å². The molecule has 3 aromatic heterocycles. The van der Waals surface area contributed by atoms with Crippen molar-refractivity contribution in [1.29, 1.82) is 0 Å². The first-order valence-electron chi connectivity index (χ1n) is 17.7. The Kier molecular flexibility index (Phi) is 7.02. The van der Waals surface area contributed by atoms with Gasteiger partial charge in [0.15, 0.2) is 5.82 Å². The molecular weight excluding hydrogens is 651 g/mol. The number of aromatic nitrogens is 3. The summed E-state index contributed by atoms with van der Waals surface area (Å²) in [6.45, 7) is 4.60. The van der Waals surface area contributed by atoms with Gasteiger partial charge in [-0.1, -0.05) is 135 Å². The third-order valence-electron chi connectivity index (χ3n) is 10.6. The lowest BCUT2D eigenvalue weighted by Crippen LogP contribution is -2.17. The van der Waals surface area contributed by atoms with Crippen molar-refractivity contribution < 1.29 is 0 Å². The van der Waals surface area contributed by atoms with Gasteiger partial charge >= 0.3 is 0 Å². The lowest BCUT2D eigenvalue weighted by molar-refractivity contribution is 0.658. The van der Waals surface area contributed by atoms with Crippen molar-refractivity contribution in [3.63, 3.8) is 0 Å². The second kappa shape index (κ2) is 11.9. The van der Waals surface area contributed by atoms with Crippen molar-refractivity contribution in [2.75, 3.05) is 0 Å². The molecule has 0 unspecified atom stereocenters. The van der Waals surface area contributed by atoms with Crippen LogP contribution in [0.4, 0.5) is 0 Å². The zero-order valence-electron chi connectivity index (χ0n) is 28.8. The molecule has 52 heavy (non-hydrogen) atoms. The molecular formula is C48H33N3S. The van der Waals surface area contributed by atoms with Crippen LogP contribution in [0.5, 0.6) is 0 Å². The predicted molar refractivity (Wildman–Crippen MR) is 217 cm³/mol. The summed E-state index contributed by atoms with van der Waals surface area (Å²) in [7, 11) is 0. The van der Waals surface area contributed by atoms with E-state index < -0.39 is 0 Å². The van der Waals surface area contributed by atoms with Crippen LogP contribution >= 0.6 is 11.3 Å². The molecule has 0 fully saturated rings. The Balaban J connectivity index is 1.12. The lowest BCUT2D eigenvalue weighted by atomic mass is 9.80. The van der Waals surface area contributed by atoms with Crippen molar-refractivity contribution >= 4 is 31.5 Å². The van der Waals surface area contributed by atoms with E-state index in [1.54, 1.807) is 6.20 Å². The van der Waals surface area contributed by atoms with Gasteiger partial charge in [-0.25, -0.2) is 9.97 Å². The molecule has 0 saturated carbocycles. The Labute approximate surface area is 307 Å². The van der Waals surface area contributed by atoms with E-state index in [4.69, 9.17) is 9.97 Å². The van der Waals surface area contributed by atoms with E-state index in [1.165, 1.54) is 53.6 Å². The van der Waals surface area contributed by atoms with Crippen LogP contribution in [-0.4, -0.2) is 15.0 Å². The average molecular weight is 684 g/mol. The number of hydrogen-bond acceptors (Lipinski definition) is 4. The molecule has 0 saturated heterocycles. The maximum Gasteiger partial charge on any atom is 0.160 e. The van der Waals surface area contributed by atoms with E-state index >= 15 is 0 Å². The van der Waals surface area contributed by atoms with Crippen LogP contribution in [0.15, 0.2) is 164 Å². The minimum atomic E-state index is -0.268. The van der Waals surface area contributed by atoms with Gasteiger partial charge in [0.2, 0.25) is 0 Å². The van der Waals surface area contributed by atoms with Gasteiger partial charge in [-0.05, 0) is 63.7 Å². The molecule has 0 atom stereocenters. The van der Waals surface area contributed by atoms with Gasteiger partial charge in [-0.3, -0.25) is 4.98 Å². The van der Waals surface area contributed by atoms with E-state index in [0.717, 1.165) is 45.0 Å². The summed E-state index contributed by atoms with van der Waals surface area (Å²) in [4.78, 5) is 15.1. The van der Waals surface area contributed by atoms with Crippen LogP contribution < -0.4 is 0 Å². The summed E-state index contributed by atoms with van der Waals surface area (Å²) >= 11 is 1.87. The third kappa shape index (κ3) is 4.90. The highest BCUT2D eigenvalue weighted by molar-refractivity contribution is 7.26. The minimum Gasteiger partial charge on any atom is -0.264 e. The second-order valence-electron chi connectivity index (χ2n) is 14.1. The number of fused-ring (bicyclic) bond motifs is 6. The van der Waals surface area contributed by atoms with Crippen molar-refractivity contribution in [2.45, 2.75) is 19.3 Å². The quantitative estimate of drug-likeness (QED) is 0.181. The van der Waals surface area contributed by atoms with Crippen molar-refractivity contribution in [3.05, 3.63) is 175 Å². The first-order valence-corrected chi connectivity index (χ1v) is 18.5. The van der Waals surface area contributed by atoms with E-state index in [0.29, 0.717) is 0 Å². The Bertz CT molecular complexity index is 2830. The first kappa shape index (κ1) is 30.6. The van der Waals surface area contributed by atoms with Gasteiger partial charge in [0.05, 0.1) is 11.4 Å². The van der Waals surface area contributed by atoms with Crippen LogP contribution in [0, 0.1) is 0 Å². The molecule has 246 valence electrons. The predicted octanol–water partition coefficient (Wildman–Crippen LogP) is 12.9. The highest BCUT2D eigenvalue weighted by atomic mass is 32.1. The SMILES string of the molecule is CC1(C)c2ccccc2-c2nc(-c3cccc(-c4cccnc4)c3)nc(-c3cccc(-c4cccc(-c5cccc6c5sc5ccccc56)c4)c3)c21. The Morgan fingerprint density at radius 3 is 1.90 bits per heavy atom. The van der Waals surface area contributed by atoms with Gasteiger partial charge < -0.3 is 0 Å². The molecule has 0 spiro atoms. The highest BCUT2D eigenvalue weighted by Crippen LogP contribution is 2.51. The fourth-order valence-corrected chi connectivity index (χ4v) is 9.25. The zero-order chi connectivity index (χ0) is 34.8. The summed E-state index contributed by atoms with van der Waals surface area (Å²) in [5.74, 6) is 0.718. The topological polar surface area (TPSA) is 38.7 Å². The van der Waals surface area contributed by atoms with Crippen LogP contribution in [0.3, 0.4) is 0 Å². The van der Waals surface area contributed by atoms with Crippen molar-refractivity contribution in [1.82, 2.24) is 15.0 Å². The van der Waals surface area contributed by atoms with Crippen LogP contribution in [0.25, 0.3) is 87.5 Å². The van der Waals surface area contributed by atoms with E-state index in [2.05, 4.69) is 164 Å². The summed E-state index contributed by atoms with van der Waals surface area (Å²) in [6, 6.07) is 54.4. The first-order chi connectivity index (χ1) is 25.5. The smallest absolute Gasteiger partial charge is 0.160 e. The summed E-state index contributed by atoms with van der Waals surface area (Å²) in [5.41, 5.74) is 14.4. The Hall–Kier alpha value is -6.23. The number of thiophene rings is 1. The molecule has 6 aromatic carbocycles. The monoisotopic (exact) mass is 683 g/mol. The van der Waals surface area contributed by atoms with Crippen LogP contribution in [-0.2, 0) is 5.41 Å². The summed E-state index contributed by atoms with van der Waals surface area (Å²) in [5, 5.41) is 2.63. The molecule has 0 N–H and O–H groups in total. The van der Waals surface area contributed by atoms with Gasteiger partial charge in [-0.15, -0.1) is 11.3 Å². The van der Waals surface area contributed by atoms with Crippen molar-refractivity contribution in [2.24, 2.45) is 0 Å². The van der Waals surface area contributed by atoms with Gasteiger partial charge in [0, 0.05) is 65.8 Å². The fourth-order valence-electron chi connectivity index (χ4n) is 8.01. The number of benzene rings is 6. The maximum absolute atomic E-state index is 5.43. The van der Waals surface area contributed by atoms with E-state index in [9.17, 15) is 0 Å². The zero-order valence-corrected chi connectivity index (χ0v) is 29.7. The standard InChI is InChI=1S/C48H33N3S/c1-48(2)41-23-5-3-20-40(41)45-43(48)44(50-47(51-45)35-17-9-14-32(28-35)36-18-11-25-49-29-36)34-16-8-13-31(27-34)30-12-7-15-33(26-30)37-21-10-22-39-38-19-4-6-24-42(38)52-46(37)39/h3-29H,1-2H3. The maximum atomic E-state index is 5.43. The number of hydrogen-bond donors (Lipinski definition) is 0. The van der Waals surface area contributed by atoms with Gasteiger partial charge in [0.1, 0.15) is 0 Å². The molecule has 10 rings (SSSR count). The summed E-state index contributed by atoms with van der Waals surface area (Å²) in [6.07, 6.45) is 3.70. The van der Waals surface area contributed by atoms with Crippen LogP contribution in [0.1, 0.15) is 25.0 Å². The molecule has 9 aromatic rings. The molecule has 3 nitrogen and oxygen atoms in total. The summed E-state index contributed by atoms with van der Waals surface area (Å²) < 4.78 is 2.65. The molecule has 0 aliphatic heterocycles. The molecule has 3 heterocycles. The molecule has 0 amide bonds. The van der Waals surface area contributed by atoms with Crippen LogP contribution in [0.2, 0.25) is 0 Å². The molecule has 1 aliphatic carbocycles. The number of pyridine rings is 1. The van der Waals surface area contributed by atoms with E-state index in [-0.39, 0.29) is 5.41 Å². The fraction of sp³-hybridized carbons (Fsp3) is 0.0625. The van der Waals surface area contributed by atoms with Gasteiger partial charge in [0.25, 0.3) is 0 Å². The normalized spacial score (nSPS) is 13.0. The lowest BCUT2D eigenvalue weighted by Gasteiger charge is -2.24. The minimum absolute atomic E-state index is 0.268. The average Bonchev–Trinajstić information content (AvgIpc) is 3.70. The number of rotatable bonds is 5. The Morgan fingerprint density at radius 2 is 1.08 bits per heavy atom. The van der Waals surface area contributed by atoms with E-state index in [1.807, 2.05) is 23.6 Å². The number of nitrogens with zero attached hydrogens (tertiary/aromatic N) is 3. The Morgan fingerprint density at radius 1 is 0.481 bits per heavy atom.